The molecule has 0 amide bonds. The molecule has 2 N–H and O–H groups in total. The van der Waals surface area contributed by atoms with E-state index in [1.165, 1.54) is 0 Å². The molecule has 0 aliphatic heterocycles. The molecule has 3 rings (SSSR count). The Hall–Kier alpha value is -1.14. The Morgan fingerprint density at radius 1 is 1.50 bits per heavy atom. The summed E-state index contributed by atoms with van der Waals surface area (Å²) in [6.45, 7) is 4.09. The number of hydrogen-bond donors (Lipinski definition) is 2. The molecule has 5 nitrogen and oxygen atoms in total. The van der Waals surface area contributed by atoms with Gasteiger partial charge in [0, 0.05) is 22.1 Å². The first kappa shape index (κ1) is 11.9. The van der Waals surface area contributed by atoms with Crippen molar-refractivity contribution >= 4 is 27.5 Å². The van der Waals surface area contributed by atoms with Gasteiger partial charge in [-0.3, -0.25) is 0 Å². The smallest absolute Gasteiger partial charge is 0.243 e. The van der Waals surface area contributed by atoms with Crippen LogP contribution in [0.2, 0.25) is 0 Å². The largest absolute Gasteiger partial charge is 0.392 e. The highest BCUT2D eigenvalue weighted by atomic mass is 79.9. The first-order chi connectivity index (χ1) is 8.46. The number of aliphatic hydroxyl groups excluding tert-OH is 1. The normalized spacial score (nSPS) is 26.0. The van der Waals surface area contributed by atoms with Crippen molar-refractivity contribution in [2.75, 3.05) is 5.32 Å². The van der Waals surface area contributed by atoms with Crippen molar-refractivity contribution in [3.05, 3.63) is 22.8 Å². The van der Waals surface area contributed by atoms with E-state index < -0.39 is 0 Å². The van der Waals surface area contributed by atoms with E-state index in [9.17, 15) is 5.11 Å². The fraction of sp³-hybridized carbons (Fsp3) is 0.500. The molecule has 18 heavy (non-hydrogen) atoms. The van der Waals surface area contributed by atoms with Gasteiger partial charge in [-0.2, -0.15) is 4.98 Å². The number of rotatable bonds is 2. The maximum Gasteiger partial charge on any atom is 0.243 e. The first-order valence-corrected chi connectivity index (χ1v) is 6.72. The molecule has 1 aliphatic carbocycles. The van der Waals surface area contributed by atoms with Crippen molar-refractivity contribution in [3.8, 4) is 0 Å². The fourth-order valence-corrected chi connectivity index (χ4v) is 2.55. The first-order valence-electron chi connectivity index (χ1n) is 5.93. The van der Waals surface area contributed by atoms with E-state index in [0.717, 1.165) is 16.5 Å². The molecular weight excluding hydrogens is 296 g/mol. The van der Waals surface area contributed by atoms with Gasteiger partial charge >= 0.3 is 0 Å². The highest BCUT2D eigenvalue weighted by Crippen LogP contribution is 2.41. The summed E-state index contributed by atoms with van der Waals surface area (Å²) in [7, 11) is 0. The lowest BCUT2D eigenvalue weighted by atomic mass is 9.65. The molecule has 1 aliphatic rings. The maximum absolute atomic E-state index is 9.71. The minimum atomic E-state index is -0.249. The minimum absolute atomic E-state index is 0.127. The van der Waals surface area contributed by atoms with Crippen molar-refractivity contribution in [1.29, 1.82) is 0 Å². The number of nitrogens with zero attached hydrogens (tertiary/aromatic N) is 3. The third kappa shape index (κ3) is 1.80. The number of fused-ring (bicyclic) bond motifs is 1. The van der Waals surface area contributed by atoms with E-state index in [-0.39, 0.29) is 17.6 Å². The number of aliphatic hydroxyl groups is 1. The summed E-state index contributed by atoms with van der Waals surface area (Å²) in [6, 6.07) is 4.06. The second kappa shape index (κ2) is 3.93. The molecule has 1 fully saturated rings. The monoisotopic (exact) mass is 310 g/mol. The van der Waals surface area contributed by atoms with Gasteiger partial charge in [0.25, 0.3) is 0 Å². The van der Waals surface area contributed by atoms with Gasteiger partial charge in [-0.1, -0.05) is 13.8 Å². The Labute approximate surface area is 113 Å². The van der Waals surface area contributed by atoms with Crippen molar-refractivity contribution in [2.45, 2.75) is 32.4 Å². The molecule has 0 saturated heterocycles. The zero-order chi connectivity index (χ0) is 12.9. The van der Waals surface area contributed by atoms with E-state index in [1.54, 1.807) is 4.52 Å². The number of halogens is 1. The van der Waals surface area contributed by atoms with E-state index in [4.69, 9.17) is 0 Å². The molecule has 0 radical (unpaired) electrons. The lowest BCUT2D eigenvalue weighted by Crippen LogP contribution is -2.57. The predicted molar refractivity (Wildman–Crippen MR) is 72.5 cm³/mol. The van der Waals surface area contributed by atoms with Crippen LogP contribution in [0.4, 0.5) is 5.95 Å². The van der Waals surface area contributed by atoms with Gasteiger partial charge in [0.05, 0.1) is 6.10 Å². The summed E-state index contributed by atoms with van der Waals surface area (Å²) in [6.07, 6.45) is 2.36. The van der Waals surface area contributed by atoms with Crippen LogP contribution in [0.25, 0.3) is 5.65 Å². The molecule has 2 unspecified atom stereocenters. The molecule has 2 aromatic heterocycles. The van der Waals surface area contributed by atoms with Gasteiger partial charge in [-0.05, 0) is 34.5 Å². The quantitative estimate of drug-likeness (QED) is 0.891. The summed E-state index contributed by atoms with van der Waals surface area (Å²) in [5.74, 6) is 0.609. The second-order valence-electron chi connectivity index (χ2n) is 5.36. The topological polar surface area (TPSA) is 62.5 Å². The number of pyridine rings is 1. The Bertz CT molecular complexity index is 595. The number of anilines is 1. The molecule has 1 saturated carbocycles. The predicted octanol–water partition coefficient (Wildman–Crippen LogP) is 2.06. The number of nitrogens with one attached hydrogen (secondary N) is 1. The van der Waals surface area contributed by atoms with Crippen LogP contribution in [-0.2, 0) is 0 Å². The van der Waals surface area contributed by atoms with E-state index in [1.807, 2.05) is 32.2 Å². The Balaban J connectivity index is 1.84. The molecule has 0 bridgehead atoms. The molecule has 96 valence electrons. The standard InChI is InChI=1S/C12H15BrN4O/c1-12(2)8(5-9(12)18)14-11-15-10-4-3-7(13)6-17(10)16-11/h3-4,6,8-9,18H,5H2,1-2H3,(H,14,16). The van der Waals surface area contributed by atoms with E-state index >= 15 is 0 Å². The number of hydrogen-bond acceptors (Lipinski definition) is 4. The van der Waals surface area contributed by atoms with Crippen LogP contribution in [-0.4, -0.2) is 31.9 Å². The summed E-state index contributed by atoms with van der Waals surface area (Å²) in [5.41, 5.74) is 0.677. The molecule has 2 heterocycles. The molecular formula is C12H15BrN4O. The highest BCUT2D eigenvalue weighted by Gasteiger charge is 2.47. The van der Waals surface area contributed by atoms with Gasteiger partial charge in [0.1, 0.15) is 0 Å². The molecule has 2 aromatic rings. The summed E-state index contributed by atoms with van der Waals surface area (Å²) in [4.78, 5) is 4.40. The second-order valence-corrected chi connectivity index (χ2v) is 6.27. The van der Waals surface area contributed by atoms with Crippen LogP contribution < -0.4 is 5.32 Å². The highest BCUT2D eigenvalue weighted by molar-refractivity contribution is 9.10. The zero-order valence-electron chi connectivity index (χ0n) is 10.3. The molecule has 0 spiro atoms. The van der Waals surface area contributed by atoms with Gasteiger partial charge in [-0.25, -0.2) is 4.52 Å². The van der Waals surface area contributed by atoms with E-state index in [2.05, 4.69) is 31.3 Å². The van der Waals surface area contributed by atoms with Crippen LogP contribution in [0.15, 0.2) is 22.8 Å². The van der Waals surface area contributed by atoms with Crippen LogP contribution in [0.3, 0.4) is 0 Å². The van der Waals surface area contributed by atoms with Crippen molar-refractivity contribution in [2.24, 2.45) is 5.41 Å². The fourth-order valence-electron chi connectivity index (χ4n) is 2.22. The van der Waals surface area contributed by atoms with Crippen LogP contribution in [0.5, 0.6) is 0 Å². The minimum Gasteiger partial charge on any atom is -0.392 e. The van der Waals surface area contributed by atoms with Crippen molar-refractivity contribution < 1.29 is 5.11 Å². The third-order valence-corrected chi connectivity index (χ3v) is 4.28. The third-order valence-electron chi connectivity index (χ3n) is 3.81. The number of aromatic nitrogens is 3. The maximum atomic E-state index is 9.71. The molecule has 2 atom stereocenters. The van der Waals surface area contributed by atoms with Crippen LogP contribution >= 0.6 is 15.9 Å². The van der Waals surface area contributed by atoms with Crippen LogP contribution in [0.1, 0.15) is 20.3 Å². The van der Waals surface area contributed by atoms with Gasteiger partial charge in [-0.15, -0.1) is 5.10 Å². The van der Waals surface area contributed by atoms with Gasteiger partial charge in [0.2, 0.25) is 5.95 Å². The molecule has 6 heteroatoms. The Morgan fingerprint density at radius 2 is 2.28 bits per heavy atom. The average molecular weight is 311 g/mol. The van der Waals surface area contributed by atoms with Crippen molar-refractivity contribution in [3.63, 3.8) is 0 Å². The average Bonchev–Trinajstić information content (AvgIpc) is 2.70. The SMILES string of the molecule is CC1(C)C(O)CC1Nc1nc2ccc(Br)cn2n1. The summed E-state index contributed by atoms with van der Waals surface area (Å²) in [5, 5.41) is 17.4. The van der Waals surface area contributed by atoms with Crippen molar-refractivity contribution in [1.82, 2.24) is 14.6 Å². The van der Waals surface area contributed by atoms with Crippen LogP contribution in [0, 0.1) is 5.41 Å². The summed E-state index contributed by atoms with van der Waals surface area (Å²) < 4.78 is 2.69. The summed E-state index contributed by atoms with van der Waals surface area (Å²) >= 11 is 3.40. The van der Waals surface area contributed by atoms with Gasteiger partial charge < -0.3 is 10.4 Å². The lowest BCUT2D eigenvalue weighted by molar-refractivity contribution is -0.0512. The van der Waals surface area contributed by atoms with Gasteiger partial charge in [0.15, 0.2) is 5.65 Å². The Morgan fingerprint density at radius 3 is 2.94 bits per heavy atom. The van der Waals surface area contributed by atoms with E-state index in [0.29, 0.717) is 5.95 Å². The zero-order valence-corrected chi connectivity index (χ0v) is 11.8. The Kier molecular flexibility index (Phi) is 2.60. The lowest BCUT2D eigenvalue weighted by Gasteiger charge is -2.49. The molecule has 0 aromatic carbocycles.